The third-order valence-corrected chi connectivity index (χ3v) is 6.12. The van der Waals surface area contributed by atoms with Gasteiger partial charge in [-0.25, -0.2) is 4.98 Å². The van der Waals surface area contributed by atoms with Crippen molar-refractivity contribution >= 4 is 32.6 Å². The number of aromatic nitrogens is 1. The first kappa shape index (κ1) is 16.9. The van der Waals surface area contributed by atoms with Gasteiger partial charge in [0.1, 0.15) is 6.10 Å². The van der Waals surface area contributed by atoms with Crippen LogP contribution in [0.2, 0.25) is 0 Å². The molecule has 1 atom stereocenters. The molecule has 2 aliphatic heterocycles. The van der Waals surface area contributed by atoms with Crippen LogP contribution in [0, 0.1) is 5.92 Å². The van der Waals surface area contributed by atoms with Crippen LogP contribution in [-0.4, -0.2) is 41.6 Å². The van der Waals surface area contributed by atoms with E-state index in [-0.39, 0.29) is 12.0 Å². The molecule has 1 amide bonds. The number of anilines is 1. The summed E-state index contributed by atoms with van der Waals surface area (Å²) in [7, 11) is 0. The molecule has 4 rings (SSSR count). The van der Waals surface area contributed by atoms with Gasteiger partial charge in [-0.2, -0.15) is 0 Å². The van der Waals surface area contributed by atoms with Gasteiger partial charge < -0.3 is 4.74 Å². The van der Waals surface area contributed by atoms with Crippen molar-refractivity contribution in [2.75, 3.05) is 25.0 Å². The molecule has 25 heavy (non-hydrogen) atoms. The Labute approximate surface area is 152 Å². The Balaban J connectivity index is 1.43. The molecule has 3 heterocycles. The highest BCUT2D eigenvalue weighted by Gasteiger charge is 2.24. The van der Waals surface area contributed by atoms with Gasteiger partial charge in [-0.05, 0) is 62.4 Å². The summed E-state index contributed by atoms with van der Waals surface area (Å²) in [6.07, 6.45) is 4.03. The lowest BCUT2D eigenvalue weighted by atomic mass is 9.99. The fraction of sp³-hybridized carbons (Fsp3) is 0.579. The summed E-state index contributed by atoms with van der Waals surface area (Å²) in [6, 6.07) is 6.44. The van der Waals surface area contributed by atoms with E-state index in [0.29, 0.717) is 11.7 Å². The molecule has 0 spiro atoms. The number of thiazole rings is 1. The molecule has 0 bridgehead atoms. The summed E-state index contributed by atoms with van der Waals surface area (Å²) in [5, 5.41) is 3.58. The van der Waals surface area contributed by atoms with Crippen LogP contribution in [-0.2, 0) is 16.1 Å². The number of hydrogen-bond acceptors (Lipinski definition) is 5. The molecule has 1 unspecified atom stereocenters. The number of benzene rings is 1. The lowest BCUT2D eigenvalue weighted by Crippen LogP contribution is -2.32. The molecule has 2 fully saturated rings. The summed E-state index contributed by atoms with van der Waals surface area (Å²) in [5.41, 5.74) is 2.27. The summed E-state index contributed by atoms with van der Waals surface area (Å²) < 4.78 is 6.56. The minimum Gasteiger partial charge on any atom is -0.368 e. The zero-order valence-electron chi connectivity index (χ0n) is 14.7. The third-order valence-electron chi connectivity index (χ3n) is 5.19. The molecule has 1 aromatic heterocycles. The zero-order valence-corrected chi connectivity index (χ0v) is 15.5. The van der Waals surface area contributed by atoms with E-state index in [1.807, 2.05) is 0 Å². The van der Waals surface area contributed by atoms with E-state index in [1.165, 1.54) is 31.5 Å². The first-order valence-corrected chi connectivity index (χ1v) is 10.0. The predicted molar refractivity (Wildman–Crippen MR) is 101 cm³/mol. The van der Waals surface area contributed by atoms with Crippen molar-refractivity contribution in [1.29, 1.82) is 0 Å². The molecular formula is C19H25N3O2S. The lowest BCUT2D eigenvalue weighted by molar-refractivity contribution is -0.124. The van der Waals surface area contributed by atoms with Crippen molar-refractivity contribution in [3.8, 4) is 0 Å². The van der Waals surface area contributed by atoms with Gasteiger partial charge in [0.25, 0.3) is 5.91 Å². The van der Waals surface area contributed by atoms with Gasteiger partial charge in [-0.1, -0.05) is 24.3 Å². The number of carbonyl (C=O) groups excluding carboxylic acids is 1. The third kappa shape index (κ3) is 4.02. The largest absolute Gasteiger partial charge is 0.368 e. The van der Waals surface area contributed by atoms with Crippen molar-refractivity contribution in [3.63, 3.8) is 0 Å². The number of amides is 1. The number of piperidine rings is 1. The van der Waals surface area contributed by atoms with Crippen molar-refractivity contribution in [2.24, 2.45) is 5.92 Å². The maximum Gasteiger partial charge on any atom is 0.255 e. The van der Waals surface area contributed by atoms with Crippen LogP contribution in [0.4, 0.5) is 5.13 Å². The second-order valence-electron chi connectivity index (χ2n) is 7.27. The Morgan fingerprint density at radius 1 is 1.36 bits per heavy atom. The number of nitrogens with zero attached hydrogens (tertiary/aromatic N) is 2. The van der Waals surface area contributed by atoms with Crippen LogP contribution in [0.5, 0.6) is 0 Å². The van der Waals surface area contributed by atoms with Crippen molar-refractivity contribution in [3.05, 3.63) is 23.8 Å². The van der Waals surface area contributed by atoms with Crippen LogP contribution in [0.1, 0.15) is 38.2 Å². The van der Waals surface area contributed by atoms with E-state index in [4.69, 9.17) is 4.74 Å². The fourth-order valence-electron chi connectivity index (χ4n) is 3.57. The van der Waals surface area contributed by atoms with E-state index >= 15 is 0 Å². The highest BCUT2D eigenvalue weighted by molar-refractivity contribution is 7.22. The topological polar surface area (TPSA) is 54.5 Å². The molecule has 1 N–H and O–H groups in total. The van der Waals surface area contributed by atoms with Gasteiger partial charge in [0, 0.05) is 13.2 Å². The smallest absolute Gasteiger partial charge is 0.255 e. The number of fused-ring (bicyclic) bond motifs is 1. The van der Waals surface area contributed by atoms with Gasteiger partial charge in [0.05, 0.1) is 10.2 Å². The molecule has 5 nitrogen and oxygen atoms in total. The number of carbonyl (C=O) groups is 1. The van der Waals surface area contributed by atoms with Gasteiger partial charge in [-0.15, -0.1) is 0 Å². The standard InChI is InChI=1S/C19H25N3O2S/c1-13-6-8-22(9-7-13)12-14-4-5-15-17(11-14)25-19(20-15)21-18(23)16-3-2-10-24-16/h4-5,11,13,16H,2-3,6-10,12H2,1H3,(H,20,21,23). The quantitative estimate of drug-likeness (QED) is 0.905. The Morgan fingerprint density at radius 2 is 2.20 bits per heavy atom. The second-order valence-corrected chi connectivity index (χ2v) is 8.30. The van der Waals surface area contributed by atoms with Crippen LogP contribution in [0.3, 0.4) is 0 Å². The van der Waals surface area contributed by atoms with Crippen LogP contribution in [0.25, 0.3) is 10.2 Å². The minimum atomic E-state index is -0.316. The van der Waals surface area contributed by atoms with E-state index in [9.17, 15) is 4.79 Å². The fourth-order valence-corrected chi connectivity index (χ4v) is 4.50. The molecule has 134 valence electrons. The predicted octanol–water partition coefficient (Wildman–Crippen LogP) is 3.65. The number of hydrogen-bond donors (Lipinski definition) is 1. The highest BCUT2D eigenvalue weighted by Crippen LogP contribution is 2.28. The molecule has 1 aromatic carbocycles. The Bertz CT molecular complexity index is 746. The van der Waals surface area contributed by atoms with Gasteiger partial charge in [0.2, 0.25) is 0 Å². The Morgan fingerprint density at radius 3 is 2.96 bits per heavy atom. The molecule has 2 saturated heterocycles. The summed E-state index contributed by atoms with van der Waals surface area (Å²) in [6.45, 7) is 6.39. The normalized spacial score (nSPS) is 22.5. The van der Waals surface area contributed by atoms with Crippen LogP contribution < -0.4 is 5.32 Å². The summed E-state index contributed by atoms with van der Waals surface area (Å²) in [4.78, 5) is 19.2. The van der Waals surface area contributed by atoms with E-state index in [0.717, 1.165) is 35.5 Å². The van der Waals surface area contributed by atoms with E-state index in [2.05, 4.69) is 40.3 Å². The summed E-state index contributed by atoms with van der Waals surface area (Å²) in [5.74, 6) is 0.787. The first-order chi connectivity index (χ1) is 12.2. The number of ether oxygens (including phenoxy) is 1. The van der Waals surface area contributed by atoms with Crippen molar-refractivity contribution < 1.29 is 9.53 Å². The maximum absolute atomic E-state index is 12.2. The molecule has 2 aliphatic rings. The molecular weight excluding hydrogens is 334 g/mol. The van der Waals surface area contributed by atoms with Gasteiger partial charge in [-0.3, -0.25) is 15.0 Å². The summed E-state index contributed by atoms with van der Waals surface area (Å²) >= 11 is 1.54. The molecule has 2 aromatic rings. The van der Waals surface area contributed by atoms with Crippen molar-refractivity contribution in [1.82, 2.24) is 9.88 Å². The monoisotopic (exact) mass is 359 g/mol. The SMILES string of the molecule is CC1CCN(Cc2ccc3nc(NC(=O)C4CCCO4)sc3c2)CC1. The zero-order chi connectivity index (χ0) is 17.2. The molecule has 0 radical (unpaired) electrons. The molecule has 0 aliphatic carbocycles. The molecule has 0 saturated carbocycles. The van der Waals surface area contributed by atoms with Crippen LogP contribution >= 0.6 is 11.3 Å². The van der Waals surface area contributed by atoms with Crippen LogP contribution in [0.15, 0.2) is 18.2 Å². The highest BCUT2D eigenvalue weighted by atomic mass is 32.1. The van der Waals surface area contributed by atoms with E-state index in [1.54, 1.807) is 11.3 Å². The lowest BCUT2D eigenvalue weighted by Gasteiger charge is -2.30. The minimum absolute atomic E-state index is 0.0702. The number of nitrogens with one attached hydrogen (secondary N) is 1. The number of rotatable bonds is 4. The second kappa shape index (κ2) is 7.40. The first-order valence-electron chi connectivity index (χ1n) is 9.22. The number of likely N-dealkylation sites (tertiary alicyclic amines) is 1. The van der Waals surface area contributed by atoms with Gasteiger partial charge >= 0.3 is 0 Å². The maximum atomic E-state index is 12.2. The van der Waals surface area contributed by atoms with Crippen molar-refractivity contribution in [2.45, 2.75) is 45.3 Å². The average Bonchev–Trinajstić information content (AvgIpc) is 3.26. The Hall–Kier alpha value is -1.50. The van der Waals surface area contributed by atoms with E-state index < -0.39 is 0 Å². The molecule has 6 heteroatoms. The average molecular weight is 359 g/mol. The van der Waals surface area contributed by atoms with Gasteiger partial charge in [0.15, 0.2) is 5.13 Å². The Kier molecular flexibility index (Phi) is 5.01.